The highest BCUT2D eigenvalue weighted by Crippen LogP contribution is 2.25. The van der Waals surface area contributed by atoms with Crippen LogP contribution in [0.25, 0.3) is 5.52 Å². The Hall–Kier alpha value is -1.42. The fourth-order valence-corrected chi connectivity index (χ4v) is 2.14. The SMILES string of the molecule is CCN(CC)c1cccc2c(Cl)nc(N)n12. The maximum Gasteiger partial charge on any atom is 0.208 e. The second kappa shape index (κ2) is 4.22. The summed E-state index contributed by atoms with van der Waals surface area (Å²) < 4.78 is 1.88. The number of rotatable bonds is 3. The zero-order valence-electron chi connectivity index (χ0n) is 9.44. The molecule has 0 saturated heterocycles. The van der Waals surface area contributed by atoms with Gasteiger partial charge < -0.3 is 10.6 Å². The van der Waals surface area contributed by atoms with Crippen LogP contribution in [0.5, 0.6) is 0 Å². The summed E-state index contributed by atoms with van der Waals surface area (Å²) >= 11 is 6.01. The van der Waals surface area contributed by atoms with Crippen molar-refractivity contribution in [3.63, 3.8) is 0 Å². The normalized spacial score (nSPS) is 10.9. The van der Waals surface area contributed by atoms with Crippen LogP contribution in [0, 0.1) is 0 Å². The zero-order valence-corrected chi connectivity index (χ0v) is 10.2. The van der Waals surface area contributed by atoms with Crippen molar-refractivity contribution in [3.8, 4) is 0 Å². The summed E-state index contributed by atoms with van der Waals surface area (Å²) in [6.45, 7) is 6.06. The van der Waals surface area contributed by atoms with Crippen molar-refractivity contribution in [3.05, 3.63) is 23.4 Å². The van der Waals surface area contributed by atoms with Crippen molar-refractivity contribution in [2.45, 2.75) is 13.8 Å². The average molecular weight is 239 g/mol. The highest BCUT2D eigenvalue weighted by Gasteiger charge is 2.12. The second-order valence-electron chi connectivity index (χ2n) is 3.54. The van der Waals surface area contributed by atoms with Gasteiger partial charge in [-0.15, -0.1) is 0 Å². The molecule has 2 heterocycles. The topological polar surface area (TPSA) is 46.6 Å². The third-order valence-electron chi connectivity index (χ3n) is 2.71. The number of nitrogen functional groups attached to an aromatic ring is 1. The molecule has 4 nitrogen and oxygen atoms in total. The van der Waals surface area contributed by atoms with Crippen LogP contribution in [-0.4, -0.2) is 22.5 Å². The minimum atomic E-state index is 0.433. The lowest BCUT2D eigenvalue weighted by Crippen LogP contribution is -2.24. The van der Waals surface area contributed by atoms with Crippen molar-refractivity contribution in [1.82, 2.24) is 9.38 Å². The van der Waals surface area contributed by atoms with E-state index in [1.165, 1.54) is 0 Å². The number of fused-ring (bicyclic) bond motifs is 1. The Kier molecular flexibility index (Phi) is 2.92. The van der Waals surface area contributed by atoms with Crippen molar-refractivity contribution in [2.75, 3.05) is 23.7 Å². The van der Waals surface area contributed by atoms with Crippen LogP contribution >= 0.6 is 11.6 Å². The van der Waals surface area contributed by atoms with Gasteiger partial charge in [-0.05, 0) is 26.0 Å². The van der Waals surface area contributed by atoms with E-state index in [1.807, 2.05) is 22.6 Å². The molecule has 0 aliphatic carbocycles. The van der Waals surface area contributed by atoms with Crippen molar-refractivity contribution < 1.29 is 0 Å². The second-order valence-corrected chi connectivity index (χ2v) is 3.90. The molecule has 0 aliphatic rings. The highest BCUT2D eigenvalue weighted by atomic mass is 35.5. The molecule has 86 valence electrons. The minimum Gasteiger partial charge on any atom is -0.369 e. The summed E-state index contributed by atoms with van der Waals surface area (Å²) in [6, 6.07) is 5.91. The predicted octanol–water partition coefficient (Wildman–Crippen LogP) is 2.42. The van der Waals surface area contributed by atoms with Gasteiger partial charge in [0.05, 0.1) is 5.52 Å². The van der Waals surface area contributed by atoms with Crippen LogP contribution in [0.1, 0.15) is 13.8 Å². The van der Waals surface area contributed by atoms with Crippen LogP contribution in [0.4, 0.5) is 11.8 Å². The zero-order chi connectivity index (χ0) is 11.7. The van der Waals surface area contributed by atoms with E-state index in [2.05, 4.69) is 23.7 Å². The number of halogens is 1. The predicted molar refractivity (Wildman–Crippen MR) is 68.2 cm³/mol. The molecule has 0 saturated carbocycles. The largest absolute Gasteiger partial charge is 0.369 e. The smallest absolute Gasteiger partial charge is 0.208 e. The monoisotopic (exact) mass is 238 g/mol. The van der Waals surface area contributed by atoms with Gasteiger partial charge in [0.1, 0.15) is 5.82 Å². The van der Waals surface area contributed by atoms with E-state index < -0.39 is 0 Å². The van der Waals surface area contributed by atoms with E-state index in [9.17, 15) is 0 Å². The molecule has 0 amide bonds. The molecule has 0 aromatic carbocycles. The third-order valence-corrected chi connectivity index (χ3v) is 2.99. The number of hydrogen-bond acceptors (Lipinski definition) is 3. The van der Waals surface area contributed by atoms with Gasteiger partial charge in [0.25, 0.3) is 0 Å². The summed E-state index contributed by atoms with van der Waals surface area (Å²) in [5, 5.41) is 0.450. The first-order valence-corrected chi connectivity index (χ1v) is 5.74. The third kappa shape index (κ3) is 1.59. The molecule has 16 heavy (non-hydrogen) atoms. The van der Waals surface area contributed by atoms with Gasteiger partial charge in [-0.25, -0.2) is 4.98 Å². The van der Waals surface area contributed by atoms with E-state index in [-0.39, 0.29) is 0 Å². The molecular formula is C11H15ClN4. The number of aromatic nitrogens is 2. The van der Waals surface area contributed by atoms with Crippen molar-refractivity contribution >= 4 is 28.9 Å². The molecule has 0 fully saturated rings. The van der Waals surface area contributed by atoms with Gasteiger partial charge in [0.2, 0.25) is 5.95 Å². The summed E-state index contributed by atoms with van der Waals surface area (Å²) in [5.41, 5.74) is 6.72. The Morgan fingerprint density at radius 1 is 1.38 bits per heavy atom. The molecule has 2 aromatic heterocycles. The quantitative estimate of drug-likeness (QED) is 0.893. The van der Waals surface area contributed by atoms with E-state index in [4.69, 9.17) is 17.3 Å². The lowest BCUT2D eigenvalue weighted by Gasteiger charge is -2.22. The molecule has 0 aliphatic heterocycles. The Morgan fingerprint density at radius 2 is 2.06 bits per heavy atom. The van der Waals surface area contributed by atoms with E-state index in [1.54, 1.807) is 0 Å². The van der Waals surface area contributed by atoms with Crippen LogP contribution < -0.4 is 10.6 Å². The highest BCUT2D eigenvalue weighted by molar-refractivity contribution is 6.32. The Morgan fingerprint density at radius 3 is 2.69 bits per heavy atom. The number of nitrogens with zero attached hydrogens (tertiary/aromatic N) is 3. The van der Waals surface area contributed by atoms with E-state index >= 15 is 0 Å². The van der Waals surface area contributed by atoms with E-state index in [0.717, 1.165) is 24.4 Å². The van der Waals surface area contributed by atoms with Crippen LogP contribution in [-0.2, 0) is 0 Å². The maximum absolute atomic E-state index is 6.01. The first-order valence-electron chi connectivity index (χ1n) is 5.36. The van der Waals surface area contributed by atoms with Crippen LogP contribution in [0.3, 0.4) is 0 Å². The van der Waals surface area contributed by atoms with Gasteiger partial charge in [0, 0.05) is 13.1 Å². The maximum atomic E-state index is 6.01. The molecule has 0 bridgehead atoms. The van der Waals surface area contributed by atoms with Crippen LogP contribution in [0.2, 0.25) is 5.15 Å². The molecule has 0 spiro atoms. The molecule has 2 rings (SSSR count). The molecular weight excluding hydrogens is 224 g/mol. The molecule has 0 radical (unpaired) electrons. The Bertz CT molecular complexity index is 502. The molecule has 0 unspecified atom stereocenters. The fraction of sp³-hybridized carbons (Fsp3) is 0.364. The number of hydrogen-bond donors (Lipinski definition) is 1. The number of nitrogens with two attached hydrogens (primary N) is 1. The van der Waals surface area contributed by atoms with E-state index in [0.29, 0.717) is 11.1 Å². The Labute approximate surface area is 99.6 Å². The Balaban J connectivity index is 2.69. The van der Waals surface area contributed by atoms with Gasteiger partial charge in [-0.2, -0.15) is 0 Å². The fourth-order valence-electron chi connectivity index (χ4n) is 1.90. The van der Waals surface area contributed by atoms with Gasteiger partial charge in [0.15, 0.2) is 5.15 Å². The minimum absolute atomic E-state index is 0.433. The average Bonchev–Trinajstić information content (AvgIpc) is 2.57. The summed E-state index contributed by atoms with van der Waals surface area (Å²) in [4.78, 5) is 6.29. The lowest BCUT2D eigenvalue weighted by atomic mass is 10.3. The molecule has 2 N–H and O–H groups in total. The molecule has 2 aromatic rings. The molecule has 5 heteroatoms. The van der Waals surface area contributed by atoms with Crippen molar-refractivity contribution in [1.29, 1.82) is 0 Å². The first-order chi connectivity index (χ1) is 7.69. The van der Waals surface area contributed by atoms with Gasteiger partial charge in [-0.3, -0.25) is 4.40 Å². The van der Waals surface area contributed by atoms with Crippen LogP contribution in [0.15, 0.2) is 18.2 Å². The van der Waals surface area contributed by atoms with Crippen molar-refractivity contribution in [2.24, 2.45) is 0 Å². The number of pyridine rings is 1. The summed E-state index contributed by atoms with van der Waals surface area (Å²) in [6.07, 6.45) is 0. The lowest BCUT2D eigenvalue weighted by molar-refractivity contribution is 0.836. The summed E-state index contributed by atoms with van der Waals surface area (Å²) in [7, 11) is 0. The number of anilines is 2. The van der Waals surface area contributed by atoms with Gasteiger partial charge >= 0.3 is 0 Å². The molecule has 0 atom stereocenters. The standard InChI is InChI=1S/C11H15ClN4/c1-3-15(4-2)9-7-5-6-8-10(12)14-11(13)16(8)9/h5-7H,3-4H2,1-2H3,(H2,13,14). The first kappa shape index (κ1) is 11.1. The summed E-state index contributed by atoms with van der Waals surface area (Å²) in [5.74, 6) is 1.46. The van der Waals surface area contributed by atoms with Gasteiger partial charge in [-0.1, -0.05) is 17.7 Å². The number of imidazole rings is 1.